The van der Waals surface area contributed by atoms with Crippen molar-refractivity contribution in [2.24, 2.45) is 0 Å². The van der Waals surface area contributed by atoms with Crippen LogP contribution in [0.5, 0.6) is 0 Å². The van der Waals surface area contributed by atoms with Crippen LogP contribution in [0.15, 0.2) is 0 Å². The van der Waals surface area contributed by atoms with Gasteiger partial charge in [0.05, 0.1) is 0 Å². The van der Waals surface area contributed by atoms with Gasteiger partial charge >= 0.3 is 6.09 Å². The average molecular weight is 241 g/mol. The van der Waals surface area contributed by atoms with Crippen molar-refractivity contribution in [3.63, 3.8) is 0 Å². The van der Waals surface area contributed by atoms with E-state index in [1.807, 2.05) is 20.8 Å². The quantitative estimate of drug-likeness (QED) is 0.698. The molecule has 0 aromatic rings. The summed E-state index contributed by atoms with van der Waals surface area (Å²) in [5.74, 6) is 0. The maximum atomic E-state index is 12.0. The van der Waals surface area contributed by atoms with Crippen LogP contribution in [-0.2, 0) is 9.53 Å². The molecule has 1 rings (SSSR count). The maximum Gasteiger partial charge on any atom is 0.410 e. The van der Waals surface area contributed by atoms with Crippen LogP contribution >= 0.6 is 0 Å². The molecule has 1 fully saturated rings. The third-order valence-corrected chi connectivity index (χ3v) is 2.87. The summed E-state index contributed by atoms with van der Waals surface area (Å²) in [6.07, 6.45) is 5.12. The van der Waals surface area contributed by atoms with Crippen LogP contribution in [0.25, 0.3) is 0 Å². The van der Waals surface area contributed by atoms with Crippen molar-refractivity contribution in [2.45, 2.75) is 64.5 Å². The van der Waals surface area contributed by atoms with Gasteiger partial charge < -0.3 is 14.4 Å². The van der Waals surface area contributed by atoms with Gasteiger partial charge in [-0.15, -0.1) is 0 Å². The maximum absolute atomic E-state index is 12.0. The second-order valence-electron chi connectivity index (χ2n) is 5.58. The summed E-state index contributed by atoms with van der Waals surface area (Å²) in [5.41, 5.74) is -0.477. The molecular formula is C13H23NO3. The largest absolute Gasteiger partial charge is 0.444 e. The Morgan fingerprint density at radius 1 is 1.35 bits per heavy atom. The van der Waals surface area contributed by atoms with Crippen LogP contribution < -0.4 is 0 Å². The van der Waals surface area contributed by atoms with Crippen LogP contribution in [0.1, 0.15) is 52.9 Å². The van der Waals surface area contributed by atoms with Gasteiger partial charge in [0.2, 0.25) is 0 Å². The highest BCUT2D eigenvalue weighted by atomic mass is 16.6. The standard InChI is InChI=1S/C13H23NO3/c1-13(2,3)17-12(16)14-9-6-4-5-7-11(14)8-10-15/h10-11H,4-9H2,1-3H3/t11-/m0/s1. The first kappa shape index (κ1) is 14.0. The van der Waals surface area contributed by atoms with Crippen LogP contribution in [0.4, 0.5) is 4.79 Å². The Kier molecular flexibility index (Phi) is 4.97. The SMILES string of the molecule is CC(C)(C)OC(=O)N1CCCCC[C@H]1CC=O. The zero-order chi connectivity index (χ0) is 12.9. The molecule has 0 aliphatic carbocycles. The highest BCUT2D eigenvalue weighted by molar-refractivity contribution is 5.69. The molecule has 0 unspecified atom stereocenters. The van der Waals surface area contributed by atoms with E-state index in [1.165, 1.54) is 0 Å². The predicted octanol–water partition coefficient (Wildman–Crippen LogP) is 2.76. The number of aldehydes is 1. The lowest BCUT2D eigenvalue weighted by Crippen LogP contribution is -2.43. The molecule has 98 valence electrons. The fraction of sp³-hybridized carbons (Fsp3) is 0.846. The Morgan fingerprint density at radius 2 is 2.06 bits per heavy atom. The molecule has 0 aromatic heterocycles. The first-order chi connectivity index (χ1) is 7.94. The number of carbonyl (C=O) groups is 2. The summed E-state index contributed by atoms with van der Waals surface area (Å²) in [7, 11) is 0. The van der Waals surface area contributed by atoms with Gasteiger partial charge in [0, 0.05) is 19.0 Å². The second-order valence-corrected chi connectivity index (χ2v) is 5.58. The minimum absolute atomic E-state index is 0.0184. The molecule has 1 aliphatic heterocycles. The molecule has 4 nitrogen and oxygen atoms in total. The number of ether oxygens (including phenoxy) is 1. The van der Waals surface area contributed by atoms with Gasteiger partial charge in [-0.2, -0.15) is 0 Å². The van der Waals surface area contributed by atoms with E-state index in [0.717, 1.165) is 32.0 Å². The van der Waals surface area contributed by atoms with E-state index in [9.17, 15) is 9.59 Å². The van der Waals surface area contributed by atoms with E-state index in [-0.39, 0.29) is 12.1 Å². The monoisotopic (exact) mass is 241 g/mol. The van der Waals surface area contributed by atoms with Crippen molar-refractivity contribution in [1.82, 2.24) is 4.90 Å². The Labute approximate surface area is 103 Å². The van der Waals surface area contributed by atoms with Crippen molar-refractivity contribution in [3.05, 3.63) is 0 Å². The van der Waals surface area contributed by atoms with Crippen molar-refractivity contribution in [1.29, 1.82) is 0 Å². The zero-order valence-electron chi connectivity index (χ0n) is 11.1. The molecule has 1 saturated heterocycles. The summed E-state index contributed by atoms with van der Waals surface area (Å²) in [6, 6.07) is 0.0184. The molecule has 0 N–H and O–H groups in total. The average Bonchev–Trinajstić information content (AvgIpc) is 2.41. The highest BCUT2D eigenvalue weighted by Gasteiger charge is 2.28. The molecular weight excluding hydrogens is 218 g/mol. The number of hydrogen-bond donors (Lipinski definition) is 0. The molecule has 1 heterocycles. The third kappa shape index (κ3) is 4.75. The fourth-order valence-electron chi connectivity index (χ4n) is 2.09. The lowest BCUT2D eigenvalue weighted by atomic mass is 10.1. The van der Waals surface area contributed by atoms with E-state index >= 15 is 0 Å². The van der Waals surface area contributed by atoms with E-state index in [4.69, 9.17) is 4.74 Å². The van der Waals surface area contributed by atoms with Crippen molar-refractivity contribution in [3.8, 4) is 0 Å². The molecule has 0 saturated carbocycles. The molecule has 0 aromatic carbocycles. The zero-order valence-corrected chi connectivity index (χ0v) is 11.1. The fourth-order valence-corrected chi connectivity index (χ4v) is 2.09. The molecule has 1 atom stereocenters. The number of carbonyl (C=O) groups excluding carboxylic acids is 2. The van der Waals surface area contributed by atoms with Crippen LogP contribution in [-0.4, -0.2) is 35.5 Å². The van der Waals surface area contributed by atoms with E-state index in [0.29, 0.717) is 13.0 Å². The number of nitrogens with zero attached hydrogens (tertiary/aromatic N) is 1. The van der Waals surface area contributed by atoms with Crippen molar-refractivity contribution >= 4 is 12.4 Å². The van der Waals surface area contributed by atoms with E-state index < -0.39 is 5.60 Å². The van der Waals surface area contributed by atoms with Gasteiger partial charge in [-0.3, -0.25) is 0 Å². The molecule has 1 aliphatic rings. The van der Waals surface area contributed by atoms with Crippen molar-refractivity contribution in [2.75, 3.05) is 6.54 Å². The predicted molar refractivity (Wildman–Crippen MR) is 65.9 cm³/mol. The summed E-state index contributed by atoms with van der Waals surface area (Å²) < 4.78 is 5.38. The third-order valence-electron chi connectivity index (χ3n) is 2.87. The molecule has 0 radical (unpaired) electrons. The van der Waals surface area contributed by atoms with Gasteiger partial charge in [0.15, 0.2) is 0 Å². The van der Waals surface area contributed by atoms with Gasteiger partial charge in [-0.05, 0) is 33.6 Å². The van der Waals surface area contributed by atoms with Gasteiger partial charge in [-0.1, -0.05) is 12.8 Å². The van der Waals surface area contributed by atoms with E-state index in [2.05, 4.69) is 0 Å². The smallest absolute Gasteiger partial charge is 0.410 e. The first-order valence-corrected chi connectivity index (χ1v) is 6.37. The molecule has 1 amide bonds. The summed E-state index contributed by atoms with van der Waals surface area (Å²) in [5, 5.41) is 0. The number of likely N-dealkylation sites (tertiary alicyclic amines) is 1. The number of hydrogen-bond acceptors (Lipinski definition) is 3. The van der Waals surface area contributed by atoms with E-state index in [1.54, 1.807) is 4.90 Å². The molecule has 4 heteroatoms. The number of rotatable bonds is 2. The minimum atomic E-state index is -0.477. The number of amides is 1. The molecule has 0 bridgehead atoms. The van der Waals surface area contributed by atoms with Gasteiger partial charge in [-0.25, -0.2) is 4.79 Å². The first-order valence-electron chi connectivity index (χ1n) is 6.37. The Balaban J connectivity index is 2.67. The highest BCUT2D eigenvalue weighted by Crippen LogP contribution is 2.21. The molecule has 17 heavy (non-hydrogen) atoms. The Bertz CT molecular complexity index is 270. The topological polar surface area (TPSA) is 46.6 Å². The van der Waals surface area contributed by atoms with Crippen molar-refractivity contribution < 1.29 is 14.3 Å². The van der Waals surface area contributed by atoms with Crippen LogP contribution in [0, 0.1) is 0 Å². The minimum Gasteiger partial charge on any atom is -0.444 e. The normalized spacial score (nSPS) is 21.8. The summed E-state index contributed by atoms with van der Waals surface area (Å²) >= 11 is 0. The van der Waals surface area contributed by atoms with Crippen LogP contribution in [0.3, 0.4) is 0 Å². The lowest BCUT2D eigenvalue weighted by Gasteiger charge is -2.31. The van der Waals surface area contributed by atoms with Gasteiger partial charge in [0.1, 0.15) is 11.9 Å². The van der Waals surface area contributed by atoms with Crippen LogP contribution in [0.2, 0.25) is 0 Å². The summed E-state index contributed by atoms with van der Waals surface area (Å²) in [4.78, 5) is 24.4. The van der Waals surface area contributed by atoms with Gasteiger partial charge in [0.25, 0.3) is 0 Å². The molecule has 0 spiro atoms. The second kappa shape index (κ2) is 6.03. The Morgan fingerprint density at radius 3 is 2.65 bits per heavy atom. The summed E-state index contributed by atoms with van der Waals surface area (Å²) in [6.45, 7) is 6.28. The Hall–Kier alpha value is -1.06. The lowest BCUT2D eigenvalue weighted by molar-refractivity contribution is -0.108.